The molecule has 1 amide bonds. The van der Waals surface area contributed by atoms with Gasteiger partial charge in [0, 0.05) is 18.2 Å². The molecule has 2 aliphatic heterocycles. The maximum atomic E-state index is 12.6. The Morgan fingerprint density at radius 3 is 2.71 bits per heavy atom. The van der Waals surface area contributed by atoms with Gasteiger partial charge in [-0.1, -0.05) is 0 Å². The van der Waals surface area contributed by atoms with Gasteiger partial charge in [-0.2, -0.15) is 13.2 Å². The Kier molecular flexibility index (Phi) is 3.56. The molecule has 8 heteroatoms. The van der Waals surface area contributed by atoms with Crippen LogP contribution in [0.5, 0.6) is 0 Å². The van der Waals surface area contributed by atoms with E-state index in [1.807, 2.05) is 0 Å². The van der Waals surface area contributed by atoms with Gasteiger partial charge in [0.2, 0.25) is 0 Å². The number of nitrogens with zero attached hydrogens (tertiary/aromatic N) is 2. The summed E-state index contributed by atoms with van der Waals surface area (Å²) < 4.78 is 37.7. The molecule has 3 heterocycles. The van der Waals surface area contributed by atoms with Gasteiger partial charge in [-0.05, 0) is 31.7 Å². The van der Waals surface area contributed by atoms with Crippen molar-refractivity contribution in [2.75, 3.05) is 6.54 Å². The molecule has 5 nitrogen and oxygen atoms in total. The third kappa shape index (κ3) is 2.99. The number of nitrogens with one attached hydrogen (secondary N) is 2. The summed E-state index contributed by atoms with van der Waals surface area (Å²) in [5.41, 5.74) is -1.36. The van der Waals surface area contributed by atoms with Crippen molar-refractivity contribution in [2.45, 2.75) is 37.5 Å². The van der Waals surface area contributed by atoms with Crippen molar-refractivity contribution in [1.29, 1.82) is 0 Å². The van der Waals surface area contributed by atoms with Crippen molar-refractivity contribution in [3.63, 3.8) is 0 Å². The molecule has 0 aromatic carbocycles. The first-order chi connectivity index (χ1) is 9.93. The van der Waals surface area contributed by atoms with Crippen LogP contribution in [-0.4, -0.2) is 34.5 Å². The van der Waals surface area contributed by atoms with E-state index < -0.39 is 17.8 Å². The van der Waals surface area contributed by atoms with Crippen LogP contribution in [0.2, 0.25) is 0 Å². The Hall–Kier alpha value is -1.70. The zero-order valence-electron chi connectivity index (χ0n) is 11.2. The number of hydrogen-bond acceptors (Lipinski definition) is 4. The quantitative estimate of drug-likeness (QED) is 0.865. The van der Waals surface area contributed by atoms with E-state index in [1.54, 1.807) is 0 Å². The molecule has 1 saturated carbocycles. The smallest absolute Gasteiger partial charge is 0.346 e. The minimum Gasteiger partial charge on any atom is -0.346 e. The maximum absolute atomic E-state index is 12.6. The molecular weight excluding hydrogens is 285 g/mol. The minimum absolute atomic E-state index is 0.0469. The molecule has 1 aliphatic carbocycles. The summed E-state index contributed by atoms with van der Waals surface area (Å²) in [7, 11) is 0. The van der Waals surface area contributed by atoms with Crippen LogP contribution in [0.25, 0.3) is 0 Å². The van der Waals surface area contributed by atoms with E-state index >= 15 is 0 Å². The van der Waals surface area contributed by atoms with Crippen molar-refractivity contribution < 1.29 is 18.0 Å². The highest BCUT2D eigenvalue weighted by Gasteiger charge is 2.37. The number of hydrogen-bond donors (Lipinski definition) is 2. The summed E-state index contributed by atoms with van der Waals surface area (Å²) >= 11 is 0. The predicted molar refractivity (Wildman–Crippen MR) is 67.4 cm³/mol. The van der Waals surface area contributed by atoms with E-state index in [9.17, 15) is 18.0 Å². The highest BCUT2D eigenvalue weighted by molar-refractivity contribution is 5.92. The number of fused-ring (bicyclic) bond motifs is 3. The molecule has 1 aromatic heterocycles. The molecule has 3 unspecified atom stereocenters. The summed E-state index contributed by atoms with van der Waals surface area (Å²) in [6.07, 6.45) is -0.837. The zero-order valence-corrected chi connectivity index (χ0v) is 11.2. The lowest BCUT2D eigenvalue weighted by Gasteiger charge is -2.43. The molecule has 2 saturated heterocycles. The molecule has 1 aromatic rings. The van der Waals surface area contributed by atoms with Crippen molar-refractivity contribution in [3.05, 3.63) is 23.8 Å². The van der Waals surface area contributed by atoms with Gasteiger partial charge < -0.3 is 10.6 Å². The molecule has 4 rings (SSSR count). The van der Waals surface area contributed by atoms with Gasteiger partial charge in [-0.3, -0.25) is 4.79 Å². The van der Waals surface area contributed by atoms with Gasteiger partial charge in [0.15, 0.2) is 0 Å². The summed E-state index contributed by atoms with van der Waals surface area (Å²) in [5.74, 6) is -0.0568. The summed E-state index contributed by atoms with van der Waals surface area (Å²) in [6, 6.07) is 0.835. The van der Waals surface area contributed by atoms with Crippen LogP contribution in [0.1, 0.15) is 35.4 Å². The van der Waals surface area contributed by atoms with Crippen LogP contribution < -0.4 is 10.6 Å². The van der Waals surface area contributed by atoms with Crippen LogP contribution in [0, 0.1) is 5.92 Å². The average molecular weight is 300 g/mol. The molecule has 21 heavy (non-hydrogen) atoms. The van der Waals surface area contributed by atoms with Gasteiger partial charge in [0.05, 0.1) is 0 Å². The third-order valence-electron chi connectivity index (χ3n) is 4.13. The highest BCUT2D eigenvalue weighted by atomic mass is 19.4. The number of carbonyl (C=O) groups is 1. The normalized spacial score (nSPS) is 28.4. The maximum Gasteiger partial charge on any atom is 0.433 e. The minimum atomic E-state index is -4.58. The standard InChI is InChI=1S/C13H15F3N4O/c14-13(15,16)11-4-10(18-6-19-11)12(21)20-9-3-7-1-2-8(9)17-5-7/h4,6-9,17H,1-3,5H2,(H,20,21). The predicted octanol–water partition coefficient (Wildman–Crippen LogP) is 1.37. The molecule has 2 N–H and O–H groups in total. The topological polar surface area (TPSA) is 66.9 Å². The molecule has 0 spiro atoms. The lowest BCUT2D eigenvalue weighted by atomic mass is 9.78. The molecule has 0 radical (unpaired) electrons. The summed E-state index contributed by atoms with van der Waals surface area (Å²) in [4.78, 5) is 18.9. The Morgan fingerprint density at radius 2 is 2.14 bits per heavy atom. The fraction of sp³-hybridized carbons (Fsp3) is 0.615. The second kappa shape index (κ2) is 5.25. The van der Waals surface area contributed by atoms with Crippen molar-refractivity contribution in [3.8, 4) is 0 Å². The fourth-order valence-corrected chi connectivity index (χ4v) is 3.04. The first kappa shape index (κ1) is 14.2. The zero-order chi connectivity index (χ0) is 15.0. The van der Waals surface area contributed by atoms with E-state index in [0.717, 1.165) is 32.1 Å². The Morgan fingerprint density at radius 1 is 1.33 bits per heavy atom. The summed E-state index contributed by atoms with van der Waals surface area (Å²) in [5, 5.41) is 6.12. The van der Waals surface area contributed by atoms with Crippen molar-refractivity contribution >= 4 is 5.91 Å². The van der Waals surface area contributed by atoms with Crippen LogP contribution in [-0.2, 0) is 6.18 Å². The Labute approximate surface area is 119 Å². The molecule has 114 valence electrons. The van der Waals surface area contributed by atoms with Gasteiger partial charge in [-0.25, -0.2) is 9.97 Å². The Bertz CT molecular complexity index is 540. The highest BCUT2D eigenvalue weighted by Crippen LogP contribution is 2.30. The summed E-state index contributed by atoms with van der Waals surface area (Å²) in [6.45, 7) is 0.947. The number of alkyl halides is 3. The fourth-order valence-electron chi connectivity index (χ4n) is 3.04. The van der Waals surface area contributed by atoms with Crippen LogP contribution in [0.4, 0.5) is 13.2 Å². The number of halogens is 3. The molecule has 2 bridgehead atoms. The average Bonchev–Trinajstić information content (AvgIpc) is 2.48. The van der Waals surface area contributed by atoms with E-state index in [0.29, 0.717) is 12.0 Å². The monoisotopic (exact) mass is 300 g/mol. The van der Waals surface area contributed by atoms with Crippen LogP contribution in [0.15, 0.2) is 12.4 Å². The second-order valence-electron chi connectivity index (χ2n) is 5.56. The molecule has 3 aliphatic rings. The largest absolute Gasteiger partial charge is 0.433 e. The lowest BCUT2D eigenvalue weighted by Crippen LogP contribution is -2.59. The van der Waals surface area contributed by atoms with Crippen LogP contribution >= 0.6 is 0 Å². The first-order valence-electron chi connectivity index (χ1n) is 6.87. The van der Waals surface area contributed by atoms with Gasteiger partial charge in [0.25, 0.3) is 5.91 Å². The second-order valence-corrected chi connectivity index (χ2v) is 5.56. The molecule has 3 fully saturated rings. The van der Waals surface area contributed by atoms with Gasteiger partial charge >= 0.3 is 6.18 Å². The van der Waals surface area contributed by atoms with E-state index in [4.69, 9.17) is 0 Å². The SMILES string of the molecule is O=C(NC1CC2CCC1NC2)c1cc(C(F)(F)F)ncn1. The number of rotatable bonds is 2. The Balaban J connectivity index is 1.71. The van der Waals surface area contributed by atoms with E-state index in [1.165, 1.54) is 0 Å². The molecular formula is C13H15F3N4O. The number of piperidine rings is 2. The lowest BCUT2D eigenvalue weighted by molar-refractivity contribution is -0.141. The van der Waals surface area contributed by atoms with E-state index in [-0.39, 0.29) is 17.8 Å². The third-order valence-corrected chi connectivity index (χ3v) is 4.13. The van der Waals surface area contributed by atoms with E-state index in [2.05, 4.69) is 20.6 Å². The first-order valence-corrected chi connectivity index (χ1v) is 6.87. The number of amides is 1. The van der Waals surface area contributed by atoms with Crippen molar-refractivity contribution in [2.24, 2.45) is 5.92 Å². The number of aromatic nitrogens is 2. The number of carbonyl (C=O) groups excluding carboxylic acids is 1. The van der Waals surface area contributed by atoms with Crippen LogP contribution in [0.3, 0.4) is 0 Å². The molecule has 3 atom stereocenters. The van der Waals surface area contributed by atoms with Gasteiger partial charge in [0.1, 0.15) is 17.7 Å². The van der Waals surface area contributed by atoms with Gasteiger partial charge in [-0.15, -0.1) is 0 Å². The van der Waals surface area contributed by atoms with Crippen molar-refractivity contribution in [1.82, 2.24) is 20.6 Å².